The first-order valence-corrected chi connectivity index (χ1v) is 22.0. The Balaban J connectivity index is 0.000000199. The van der Waals surface area contributed by atoms with Crippen LogP contribution in [-0.4, -0.2) is 106 Å². The number of nitrogens with two attached hydrogens (primary N) is 1. The molecular weight excluding hydrogens is 919 g/mol. The number of nitrogens with one attached hydrogen (secondary N) is 1. The van der Waals surface area contributed by atoms with E-state index in [4.69, 9.17) is 36.9 Å². The number of hydrogen-bond donors (Lipinski definition) is 6. The Morgan fingerprint density at radius 1 is 0.638 bits per heavy atom. The molecule has 2 saturated heterocycles. The number of ether oxygens (including phenoxy) is 4. The van der Waals surface area contributed by atoms with Gasteiger partial charge in [0.2, 0.25) is 12.2 Å². The Labute approximate surface area is 401 Å². The Morgan fingerprint density at radius 3 is 1.46 bits per heavy atom. The number of hydrogen-bond acceptors (Lipinski definition) is 13. The summed E-state index contributed by atoms with van der Waals surface area (Å²) in [5.41, 5.74) is 5.66. The van der Waals surface area contributed by atoms with E-state index >= 15 is 0 Å². The highest BCUT2D eigenvalue weighted by molar-refractivity contribution is 7.80. The number of carboxylic acids is 2. The van der Waals surface area contributed by atoms with Crippen LogP contribution in [0.5, 0.6) is 0 Å². The molecule has 0 bridgehead atoms. The van der Waals surface area contributed by atoms with Gasteiger partial charge in [-0.25, -0.2) is 28.0 Å². The third kappa shape index (κ3) is 13.1. The molecule has 2 aliphatic rings. The maximum Gasteiger partial charge on any atom is 0.349 e. The van der Waals surface area contributed by atoms with E-state index in [2.05, 4.69) is 5.32 Å². The topological polar surface area (TPSA) is 241 Å². The van der Waals surface area contributed by atoms with Crippen LogP contribution in [0.1, 0.15) is 62.5 Å². The molecular formula is C51H52F2N2O13S. The van der Waals surface area contributed by atoms with Crippen molar-refractivity contribution in [3.8, 4) is 0 Å². The summed E-state index contributed by atoms with van der Waals surface area (Å²) in [4.78, 5) is 59.6. The lowest BCUT2D eigenvalue weighted by Crippen LogP contribution is -2.53. The quantitative estimate of drug-likeness (QED) is 0.0410. The number of carbonyl (C=O) groups excluding carboxylic acids is 3. The molecule has 69 heavy (non-hydrogen) atoms. The number of carboxylic acid groups (broad SMARTS) is 2. The number of esters is 2. The largest absolute Gasteiger partial charge is 0.478 e. The average molecular weight is 971 g/mol. The van der Waals surface area contributed by atoms with Crippen LogP contribution in [0.3, 0.4) is 0 Å². The fourth-order valence-corrected chi connectivity index (χ4v) is 8.30. The number of aliphatic hydroxyl groups is 2. The number of benzene rings is 5. The molecule has 0 amide bonds. The molecule has 2 aliphatic heterocycles. The molecule has 0 saturated carbocycles. The fraction of sp³-hybridized carbons (Fsp3) is 0.294. The molecule has 5 aromatic rings. The number of aliphatic hydroxyl groups excluding tert-OH is 2. The smallest absolute Gasteiger partial charge is 0.349 e. The molecule has 5 aromatic carbocycles. The molecule has 364 valence electrons. The molecule has 18 heteroatoms. The fourth-order valence-electron chi connectivity index (χ4n) is 7.99. The van der Waals surface area contributed by atoms with Crippen LogP contribution < -0.4 is 11.1 Å². The van der Waals surface area contributed by atoms with Crippen molar-refractivity contribution in [1.29, 1.82) is 0 Å². The summed E-state index contributed by atoms with van der Waals surface area (Å²) in [5.74, 6) is -7.18. The Bertz CT molecular complexity index is 2490. The second-order valence-electron chi connectivity index (χ2n) is 16.2. The molecule has 0 aliphatic carbocycles. The van der Waals surface area contributed by atoms with Crippen LogP contribution in [0, 0.1) is 23.5 Å². The number of thiocarbonyl (C=S) groups is 1. The van der Waals surface area contributed by atoms with Crippen molar-refractivity contribution in [3.05, 3.63) is 179 Å². The van der Waals surface area contributed by atoms with Crippen molar-refractivity contribution >= 4 is 46.9 Å². The highest BCUT2D eigenvalue weighted by Gasteiger charge is 2.51. The van der Waals surface area contributed by atoms with E-state index in [1.54, 1.807) is 72.8 Å². The Morgan fingerprint density at radius 2 is 1.03 bits per heavy atom. The number of carbonyl (C=O) groups is 5. The van der Waals surface area contributed by atoms with E-state index in [1.165, 1.54) is 60.7 Å². The first kappa shape index (κ1) is 53.2. The van der Waals surface area contributed by atoms with Crippen LogP contribution in [0.4, 0.5) is 8.78 Å². The summed E-state index contributed by atoms with van der Waals surface area (Å²) in [5, 5.41) is 40.9. The first-order chi connectivity index (χ1) is 33.0. The molecule has 0 unspecified atom stereocenters. The van der Waals surface area contributed by atoms with Gasteiger partial charge in [0.05, 0.1) is 72.2 Å². The SMILES string of the molecule is C[C@H]1OC[C@@](N)(c2ccccc2F)[C@@H]1CO.C[C@H]1OC[C@@](NC(=S)CC(=O)c2ccccc2)(c2ccccc2F)[C@@H]1CO.O=C(O[C@H](C(=O)O)[C@H](OC(=O)c1ccccc1)C(=O)O)c1ccccc1. The molecule has 7 rings (SSSR count). The van der Waals surface area contributed by atoms with Crippen molar-refractivity contribution < 1.29 is 72.1 Å². The van der Waals surface area contributed by atoms with Gasteiger partial charge in [-0.15, -0.1) is 0 Å². The number of aliphatic carboxylic acids is 2. The van der Waals surface area contributed by atoms with E-state index in [0.717, 1.165) is 0 Å². The predicted octanol–water partition coefficient (Wildman–Crippen LogP) is 5.85. The van der Waals surface area contributed by atoms with Gasteiger partial charge in [-0.2, -0.15) is 0 Å². The zero-order chi connectivity index (χ0) is 50.3. The summed E-state index contributed by atoms with van der Waals surface area (Å²) >= 11 is 5.43. The minimum atomic E-state index is -2.21. The van der Waals surface area contributed by atoms with Crippen molar-refractivity contribution in [2.24, 2.45) is 17.6 Å². The third-order valence-corrected chi connectivity index (χ3v) is 12.0. The van der Waals surface area contributed by atoms with Gasteiger partial charge >= 0.3 is 23.9 Å². The van der Waals surface area contributed by atoms with Gasteiger partial charge in [-0.05, 0) is 50.2 Å². The van der Waals surface area contributed by atoms with Gasteiger partial charge in [0.15, 0.2) is 5.78 Å². The predicted molar refractivity (Wildman–Crippen MR) is 250 cm³/mol. The second kappa shape index (κ2) is 24.5. The molecule has 0 radical (unpaired) electrons. The van der Waals surface area contributed by atoms with E-state index in [-0.39, 0.29) is 73.7 Å². The highest BCUT2D eigenvalue weighted by Crippen LogP contribution is 2.41. The van der Waals surface area contributed by atoms with Gasteiger partial charge in [-0.3, -0.25) is 4.79 Å². The lowest BCUT2D eigenvalue weighted by atomic mass is 9.78. The zero-order valence-electron chi connectivity index (χ0n) is 37.5. The van der Waals surface area contributed by atoms with Crippen molar-refractivity contribution in [1.82, 2.24) is 5.32 Å². The van der Waals surface area contributed by atoms with Crippen LogP contribution in [0.2, 0.25) is 0 Å². The van der Waals surface area contributed by atoms with Gasteiger partial charge in [0.1, 0.15) is 11.6 Å². The monoisotopic (exact) mass is 970 g/mol. The lowest BCUT2D eigenvalue weighted by Gasteiger charge is -2.36. The van der Waals surface area contributed by atoms with Crippen LogP contribution >= 0.6 is 12.2 Å². The number of Topliss-reactive ketones (excluding diaryl/α,β-unsaturated/α-hetero) is 1. The minimum Gasteiger partial charge on any atom is -0.478 e. The summed E-state index contributed by atoms with van der Waals surface area (Å²) in [6.07, 6.45) is -4.87. The van der Waals surface area contributed by atoms with Crippen molar-refractivity contribution in [2.45, 2.75) is 55.8 Å². The van der Waals surface area contributed by atoms with E-state index < -0.39 is 58.9 Å². The first-order valence-electron chi connectivity index (χ1n) is 21.6. The van der Waals surface area contributed by atoms with Crippen LogP contribution in [0.15, 0.2) is 140 Å². The van der Waals surface area contributed by atoms with Crippen molar-refractivity contribution in [2.75, 3.05) is 26.4 Å². The van der Waals surface area contributed by atoms with Gasteiger partial charge < -0.3 is 50.4 Å². The van der Waals surface area contributed by atoms with Gasteiger partial charge in [-0.1, -0.05) is 115 Å². The standard InChI is InChI=1S/C21H22FNO3S.C18H14O8.C12H16FNO2/c1-14-17(12-24)21(13-26-14,16-9-5-6-10-18(16)22)23-20(27)11-19(25)15-7-3-2-4-8-15;19-15(20)13(25-17(23)11-7-3-1-4-8-11)14(16(21)22)26-18(24)12-9-5-2-6-10-12;1-8-10(6-15)12(14,7-16-8)9-4-2-3-5-11(9)13/h2-10,14,17,24H,11-13H2,1H3,(H,23,27);1-10,13-14H,(H,19,20)(H,21,22);2-5,8,10,15H,6-7,14H2,1H3/t14-,17-,21-;13-,14-;8-,10-,12-/m101/s1. The Kier molecular flexibility index (Phi) is 18.9. The second-order valence-corrected chi connectivity index (χ2v) is 16.6. The molecule has 7 N–H and O–H groups in total. The maximum atomic E-state index is 14.6. The van der Waals surface area contributed by atoms with Crippen LogP contribution in [-0.2, 0) is 39.6 Å². The lowest BCUT2D eigenvalue weighted by molar-refractivity contribution is -0.166. The summed E-state index contributed by atoms with van der Waals surface area (Å²) < 4.78 is 49.0. The summed E-state index contributed by atoms with van der Waals surface area (Å²) in [6.45, 7) is 3.77. The zero-order valence-corrected chi connectivity index (χ0v) is 38.3. The Hall–Kier alpha value is -6.80. The van der Waals surface area contributed by atoms with Gasteiger partial charge in [0, 0.05) is 28.5 Å². The molecule has 15 nitrogen and oxygen atoms in total. The number of ketones is 1. The van der Waals surface area contributed by atoms with E-state index in [9.17, 15) is 53.2 Å². The van der Waals surface area contributed by atoms with Crippen LogP contribution in [0.25, 0.3) is 0 Å². The molecule has 2 fully saturated rings. The maximum absolute atomic E-state index is 14.6. The normalized spacial score (nSPS) is 22.2. The highest BCUT2D eigenvalue weighted by atomic mass is 32.1. The number of halogens is 2. The molecule has 2 heterocycles. The summed E-state index contributed by atoms with van der Waals surface area (Å²) in [7, 11) is 0. The summed E-state index contributed by atoms with van der Waals surface area (Å²) in [6, 6.07) is 36.5. The average Bonchev–Trinajstić information content (AvgIpc) is 3.83. The van der Waals surface area contributed by atoms with Crippen molar-refractivity contribution in [3.63, 3.8) is 0 Å². The van der Waals surface area contributed by atoms with E-state index in [0.29, 0.717) is 21.7 Å². The third-order valence-electron chi connectivity index (χ3n) is 11.7. The van der Waals surface area contributed by atoms with E-state index in [1.807, 2.05) is 19.9 Å². The minimum absolute atomic E-state index is 0.00206. The molecule has 0 aromatic heterocycles. The van der Waals surface area contributed by atoms with Gasteiger partial charge in [0.25, 0.3) is 0 Å². The molecule has 8 atom stereocenters. The molecule has 0 spiro atoms. The number of rotatable bonds is 15.